The minimum absolute atomic E-state index is 0.0966. The summed E-state index contributed by atoms with van der Waals surface area (Å²) < 4.78 is 56.0. The van der Waals surface area contributed by atoms with Gasteiger partial charge in [0.05, 0.1) is 11.5 Å². The van der Waals surface area contributed by atoms with Gasteiger partial charge in [0, 0.05) is 0 Å². The van der Waals surface area contributed by atoms with Crippen LogP contribution in [0.25, 0.3) is 0 Å². The molecular formula is C11H16FO7PS. The molecule has 1 unspecified atom stereocenters. The third-order valence-corrected chi connectivity index (χ3v) is 4.15. The SMILES string of the molecule is Cc1ccc(S(=O)(=O)OCC(CF)OCP(=O)(O)O)cc1. The highest BCUT2D eigenvalue weighted by molar-refractivity contribution is 7.86. The molecule has 0 saturated heterocycles. The molecule has 0 fully saturated rings. The minimum atomic E-state index is -4.45. The quantitative estimate of drug-likeness (QED) is 0.539. The summed E-state index contributed by atoms with van der Waals surface area (Å²) in [5, 5.41) is 0. The Bertz CT molecular complexity index is 596. The van der Waals surface area contributed by atoms with Gasteiger partial charge in [0.2, 0.25) is 0 Å². The molecule has 0 amide bonds. The summed E-state index contributed by atoms with van der Waals surface area (Å²) in [6.07, 6.45) is -2.38. The van der Waals surface area contributed by atoms with Crippen molar-refractivity contribution >= 4 is 17.7 Å². The summed E-state index contributed by atoms with van der Waals surface area (Å²) in [5.74, 6) is 0. The van der Waals surface area contributed by atoms with Crippen molar-refractivity contribution in [3.05, 3.63) is 29.8 Å². The van der Waals surface area contributed by atoms with E-state index in [1.807, 2.05) is 0 Å². The molecule has 0 heterocycles. The van der Waals surface area contributed by atoms with Crippen molar-refractivity contribution in [3.63, 3.8) is 0 Å². The Hall–Kier alpha value is -0.830. The molecule has 0 aliphatic carbocycles. The van der Waals surface area contributed by atoms with Crippen molar-refractivity contribution in [2.24, 2.45) is 0 Å². The van der Waals surface area contributed by atoms with Gasteiger partial charge >= 0.3 is 7.60 Å². The number of ether oxygens (including phenoxy) is 1. The summed E-state index contributed by atoms with van der Waals surface area (Å²) in [6.45, 7) is -0.0254. The molecule has 10 heteroatoms. The van der Waals surface area contributed by atoms with E-state index >= 15 is 0 Å². The van der Waals surface area contributed by atoms with E-state index in [0.29, 0.717) is 0 Å². The maximum Gasteiger partial charge on any atom is 0.350 e. The summed E-state index contributed by atoms with van der Waals surface area (Å²) in [5.41, 5.74) is 0.862. The van der Waals surface area contributed by atoms with Crippen LogP contribution in [0.1, 0.15) is 5.56 Å². The van der Waals surface area contributed by atoms with Crippen molar-refractivity contribution < 1.29 is 36.1 Å². The Morgan fingerprint density at radius 2 is 1.86 bits per heavy atom. The minimum Gasteiger partial charge on any atom is -0.360 e. The van der Waals surface area contributed by atoms with Crippen LogP contribution >= 0.6 is 7.60 Å². The first kappa shape index (κ1) is 18.2. The Morgan fingerprint density at radius 3 is 2.33 bits per heavy atom. The van der Waals surface area contributed by atoms with Gasteiger partial charge in [-0.3, -0.25) is 8.75 Å². The smallest absolute Gasteiger partial charge is 0.350 e. The predicted molar refractivity (Wildman–Crippen MR) is 72.1 cm³/mol. The van der Waals surface area contributed by atoms with Gasteiger partial charge in [-0.25, -0.2) is 4.39 Å². The van der Waals surface area contributed by atoms with Crippen molar-refractivity contribution in [3.8, 4) is 0 Å². The van der Waals surface area contributed by atoms with Gasteiger partial charge in [-0.2, -0.15) is 8.42 Å². The number of hydrogen-bond acceptors (Lipinski definition) is 5. The van der Waals surface area contributed by atoms with Crippen LogP contribution in [0.15, 0.2) is 29.2 Å². The molecule has 2 N–H and O–H groups in total. The van der Waals surface area contributed by atoms with Crippen LogP contribution in [-0.2, 0) is 23.6 Å². The molecule has 0 aliphatic heterocycles. The highest BCUT2D eigenvalue weighted by Crippen LogP contribution is 2.34. The molecule has 0 saturated carbocycles. The number of rotatable bonds is 8. The maximum atomic E-state index is 12.6. The average molecular weight is 342 g/mol. The molecule has 0 radical (unpaired) electrons. The highest BCUT2D eigenvalue weighted by atomic mass is 32.2. The molecule has 1 rings (SSSR count). The van der Waals surface area contributed by atoms with Gasteiger partial charge < -0.3 is 14.5 Å². The van der Waals surface area contributed by atoms with Crippen molar-refractivity contribution in [2.45, 2.75) is 17.9 Å². The van der Waals surface area contributed by atoms with Crippen LogP contribution in [-0.4, -0.2) is 43.9 Å². The van der Waals surface area contributed by atoms with Crippen molar-refractivity contribution in [2.75, 3.05) is 19.6 Å². The number of benzene rings is 1. The maximum absolute atomic E-state index is 12.6. The second-order valence-corrected chi connectivity index (χ2v) is 7.49. The van der Waals surface area contributed by atoms with E-state index in [0.717, 1.165) is 5.56 Å². The molecule has 120 valence electrons. The zero-order valence-corrected chi connectivity index (χ0v) is 12.9. The van der Waals surface area contributed by atoms with Crippen molar-refractivity contribution in [1.82, 2.24) is 0 Å². The third-order valence-electron chi connectivity index (χ3n) is 2.37. The number of halogens is 1. The van der Waals surface area contributed by atoms with Gasteiger partial charge in [0.25, 0.3) is 10.1 Å². The van der Waals surface area contributed by atoms with E-state index in [1.165, 1.54) is 12.1 Å². The van der Waals surface area contributed by atoms with Crippen molar-refractivity contribution in [1.29, 1.82) is 0 Å². The molecule has 0 aromatic heterocycles. The number of hydrogen-bond donors (Lipinski definition) is 2. The summed E-state index contributed by atoms with van der Waals surface area (Å²) in [4.78, 5) is 17.1. The molecule has 0 aliphatic rings. The lowest BCUT2D eigenvalue weighted by Crippen LogP contribution is -2.25. The van der Waals surface area contributed by atoms with E-state index in [-0.39, 0.29) is 4.90 Å². The molecule has 0 spiro atoms. The van der Waals surface area contributed by atoms with Crippen LogP contribution in [0, 0.1) is 6.92 Å². The Balaban J connectivity index is 2.63. The molecule has 1 aromatic carbocycles. The highest BCUT2D eigenvalue weighted by Gasteiger charge is 2.22. The zero-order chi connectivity index (χ0) is 16.1. The van der Waals surface area contributed by atoms with Gasteiger partial charge in [-0.15, -0.1) is 0 Å². The number of alkyl halides is 1. The molecular weight excluding hydrogens is 326 g/mol. The Kier molecular flexibility index (Phi) is 6.45. The van der Waals surface area contributed by atoms with Crippen LogP contribution in [0.4, 0.5) is 4.39 Å². The monoisotopic (exact) mass is 342 g/mol. The lowest BCUT2D eigenvalue weighted by atomic mass is 10.2. The van der Waals surface area contributed by atoms with E-state index < -0.39 is 43.4 Å². The first-order valence-electron chi connectivity index (χ1n) is 5.82. The standard InChI is InChI=1S/C11H16FO7PS/c1-9-2-4-11(5-3-9)21(16,17)19-7-10(6-12)18-8-20(13,14)15/h2-5,10H,6-8H2,1H3,(H2,13,14,15). The lowest BCUT2D eigenvalue weighted by molar-refractivity contribution is 0.0241. The fourth-order valence-corrected chi connectivity index (χ4v) is 2.62. The summed E-state index contributed by atoms with van der Waals surface area (Å²) in [6, 6.07) is 5.83. The van der Waals surface area contributed by atoms with Gasteiger partial charge in [0.15, 0.2) is 0 Å². The lowest BCUT2D eigenvalue weighted by Gasteiger charge is -2.15. The van der Waals surface area contributed by atoms with E-state index in [1.54, 1.807) is 19.1 Å². The molecule has 21 heavy (non-hydrogen) atoms. The van der Waals surface area contributed by atoms with Gasteiger partial charge in [0.1, 0.15) is 19.1 Å². The summed E-state index contributed by atoms with van der Waals surface area (Å²) in [7, 11) is -8.53. The Morgan fingerprint density at radius 1 is 1.29 bits per heavy atom. The molecule has 0 bridgehead atoms. The van der Waals surface area contributed by atoms with E-state index in [2.05, 4.69) is 8.92 Å². The average Bonchev–Trinajstić information content (AvgIpc) is 2.38. The normalized spacial score (nSPS) is 14.1. The fourth-order valence-electron chi connectivity index (χ4n) is 1.28. The van der Waals surface area contributed by atoms with Crippen LogP contribution in [0.3, 0.4) is 0 Å². The summed E-state index contributed by atoms with van der Waals surface area (Å²) >= 11 is 0. The zero-order valence-electron chi connectivity index (χ0n) is 11.2. The largest absolute Gasteiger partial charge is 0.360 e. The van der Waals surface area contributed by atoms with Crippen LogP contribution in [0.2, 0.25) is 0 Å². The van der Waals surface area contributed by atoms with Crippen LogP contribution < -0.4 is 0 Å². The Labute approximate surface area is 122 Å². The van der Waals surface area contributed by atoms with Gasteiger partial charge in [-0.1, -0.05) is 17.7 Å². The predicted octanol–water partition coefficient (Wildman–Crippen LogP) is 1.19. The topological polar surface area (TPSA) is 110 Å². The molecule has 1 atom stereocenters. The molecule has 1 aromatic rings. The first-order chi connectivity index (χ1) is 9.64. The van der Waals surface area contributed by atoms with Crippen LogP contribution in [0.5, 0.6) is 0 Å². The number of aryl methyl sites for hydroxylation is 1. The van der Waals surface area contributed by atoms with E-state index in [4.69, 9.17) is 9.79 Å². The first-order valence-corrected chi connectivity index (χ1v) is 9.03. The fraction of sp³-hybridized carbons (Fsp3) is 0.455. The van der Waals surface area contributed by atoms with E-state index in [9.17, 15) is 17.4 Å². The molecule has 7 nitrogen and oxygen atoms in total. The van der Waals surface area contributed by atoms with Gasteiger partial charge in [-0.05, 0) is 19.1 Å². The third kappa shape index (κ3) is 6.64. The second-order valence-electron chi connectivity index (χ2n) is 4.29. The second kappa shape index (κ2) is 7.44.